The molecule has 0 unspecified atom stereocenters. The predicted octanol–water partition coefficient (Wildman–Crippen LogP) is 2.74. The van der Waals surface area contributed by atoms with Crippen LogP contribution in [0.25, 0.3) is 11.0 Å². The first-order valence-electron chi connectivity index (χ1n) is 6.97. The van der Waals surface area contributed by atoms with Crippen molar-refractivity contribution in [1.29, 1.82) is 0 Å². The molecule has 5 heteroatoms. The molecule has 2 aromatic carbocycles. The summed E-state index contributed by atoms with van der Waals surface area (Å²) in [5.74, 6) is -0.572. The number of halogens is 1. The number of hydrogen-bond donors (Lipinski definition) is 1. The molecule has 1 amide bonds. The fraction of sp³-hybridized carbons (Fsp3) is 0.118. The molecule has 0 radical (unpaired) electrons. The number of aromatic nitrogens is 2. The number of rotatable bonds is 4. The molecule has 1 heterocycles. The van der Waals surface area contributed by atoms with Gasteiger partial charge >= 0.3 is 0 Å². The van der Waals surface area contributed by atoms with Crippen molar-refractivity contribution in [1.82, 2.24) is 15.3 Å². The number of nitrogens with one attached hydrogen (secondary N) is 1. The molecule has 22 heavy (non-hydrogen) atoms. The number of amides is 1. The SMILES string of the molecule is O=C(NCCc1ccccc1F)c1cnc2ccccc2n1. The second-order valence-electron chi connectivity index (χ2n) is 4.84. The second-order valence-corrected chi connectivity index (χ2v) is 4.84. The maximum absolute atomic E-state index is 13.5. The van der Waals surface area contributed by atoms with Crippen molar-refractivity contribution >= 4 is 16.9 Å². The van der Waals surface area contributed by atoms with E-state index in [1.807, 2.05) is 18.2 Å². The summed E-state index contributed by atoms with van der Waals surface area (Å²) >= 11 is 0. The van der Waals surface area contributed by atoms with Gasteiger partial charge in [0.2, 0.25) is 0 Å². The fourth-order valence-corrected chi connectivity index (χ4v) is 2.17. The van der Waals surface area contributed by atoms with Crippen LogP contribution in [0.5, 0.6) is 0 Å². The Balaban J connectivity index is 1.65. The lowest BCUT2D eigenvalue weighted by molar-refractivity contribution is 0.0949. The molecule has 0 saturated carbocycles. The van der Waals surface area contributed by atoms with Crippen LogP contribution in [0.1, 0.15) is 16.1 Å². The molecule has 3 rings (SSSR count). The summed E-state index contributed by atoms with van der Waals surface area (Å²) in [5, 5.41) is 2.73. The zero-order valence-electron chi connectivity index (χ0n) is 11.8. The lowest BCUT2D eigenvalue weighted by atomic mass is 10.1. The van der Waals surface area contributed by atoms with E-state index in [1.165, 1.54) is 12.3 Å². The van der Waals surface area contributed by atoms with E-state index in [-0.39, 0.29) is 17.4 Å². The van der Waals surface area contributed by atoms with E-state index < -0.39 is 0 Å². The number of carbonyl (C=O) groups excluding carboxylic acids is 1. The molecule has 0 fully saturated rings. The van der Waals surface area contributed by atoms with E-state index in [2.05, 4.69) is 15.3 Å². The van der Waals surface area contributed by atoms with Crippen LogP contribution in [0.2, 0.25) is 0 Å². The fourth-order valence-electron chi connectivity index (χ4n) is 2.17. The van der Waals surface area contributed by atoms with Gasteiger partial charge in [-0.25, -0.2) is 9.37 Å². The Morgan fingerprint density at radius 1 is 1.05 bits per heavy atom. The lowest BCUT2D eigenvalue weighted by Crippen LogP contribution is -2.26. The highest BCUT2D eigenvalue weighted by molar-refractivity contribution is 5.93. The summed E-state index contributed by atoms with van der Waals surface area (Å²) in [6.07, 6.45) is 1.88. The zero-order chi connectivity index (χ0) is 15.4. The average Bonchev–Trinajstić information content (AvgIpc) is 2.56. The highest BCUT2D eigenvalue weighted by atomic mass is 19.1. The Morgan fingerprint density at radius 3 is 2.59 bits per heavy atom. The molecular formula is C17H14FN3O. The molecule has 1 N–H and O–H groups in total. The van der Waals surface area contributed by atoms with Gasteiger partial charge in [-0.1, -0.05) is 30.3 Å². The summed E-state index contributed by atoms with van der Waals surface area (Å²) in [6.45, 7) is 0.342. The van der Waals surface area contributed by atoms with Crippen LogP contribution in [0.3, 0.4) is 0 Å². The molecular weight excluding hydrogens is 281 g/mol. The Morgan fingerprint density at radius 2 is 1.77 bits per heavy atom. The summed E-state index contributed by atoms with van der Waals surface area (Å²) < 4.78 is 13.5. The molecule has 0 aliphatic carbocycles. The van der Waals surface area contributed by atoms with Gasteiger partial charge in [0.15, 0.2) is 0 Å². The Labute approximate surface area is 127 Å². The van der Waals surface area contributed by atoms with E-state index in [0.29, 0.717) is 24.0 Å². The van der Waals surface area contributed by atoms with Gasteiger partial charge in [-0.05, 0) is 30.2 Å². The van der Waals surface area contributed by atoms with E-state index in [1.54, 1.807) is 24.3 Å². The van der Waals surface area contributed by atoms with E-state index in [4.69, 9.17) is 0 Å². The van der Waals surface area contributed by atoms with Crippen molar-refractivity contribution in [3.63, 3.8) is 0 Å². The van der Waals surface area contributed by atoms with Gasteiger partial charge in [0.25, 0.3) is 5.91 Å². The third kappa shape index (κ3) is 3.09. The number of para-hydroxylation sites is 2. The molecule has 0 aliphatic heterocycles. The number of hydrogen-bond acceptors (Lipinski definition) is 3. The minimum absolute atomic E-state index is 0.257. The van der Waals surface area contributed by atoms with Crippen molar-refractivity contribution in [3.05, 3.63) is 71.8 Å². The first kappa shape index (κ1) is 14.1. The molecule has 3 aromatic rings. The Hall–Kier alpha value is -2.82. The second kappa shape index (κ2) is 6.30. The smallest absolute Gasteiger partial charge is 0.271 e. The van der Waals surface area contributed by atoms with Crippen LogP contribution in [0.15, 0.2) is 54.7 Å². The third-order valence-electron chi connectivity index (χ3n) is 3.32. The number of carbonyl (C=O) groups is 1. The maximum atomic E-state index is 13.5. The Bertz CT molecular complexity index is 820. The number of nitrogens with zero attached hydrogens (tertiary/aromatic N) is 2. The first-order chi connectivity index (χ1) is 10.7. The van der Waals surface area contributed by atoms with Crippen LogP contribution in [-0.2, 0) is 6.42 Å². The molecule has 4 nitrogen and oxygen atoms in total. The average molecular weight is 295 g/mol. The highest BCUT2D eigenvalue weighted by Gasteiger charge is 2.09. The molecule has 0 spiro atoms. The van der Waals surface area contributed by atoms with Crippen LogP contribution in [-0.4, -0.2) is 22.4 Å². The van der Waals surface area contributed by atoms with Gasteiger partial charge < -0.3 is 5.32 Å². The van der Waals surface area contributed by atoms with Crippen LogP contribution in [0, 0.1) is 5.82 Å². The lowest BCUT2D eigenvalue weighted by Gasteiger charge is -2.06. The molecule has 0 aliphatic rings. The molecule has 110 valence electrons. The van der Waals surface area contributed by atoms with Crippen molar-refractivity contribution in [2.45, 2.75) is 6.42 Å². The van der Waals surface area contributed by atoms with Crippen molar-refractivity contribution in [2.75, 3.05) is 6.54 Å². The van der Waals surface area contributed by atoms with Crippen LogP contribution < -0.4 is 5.32 Å². The van der Waals surface area contributed by atoms with Crippen LogP contribution in [0.4, 0.5) is 4.39 Å². The van der Waals surface area contributed by atoms with Gasteiger partial charge in [0.1, 0.15) is 11.5 Å². The third-order valence-corrected chi connectivity index (χ3v) is 3.32. The molecule has 0 bridgehead atoms. The normalized spacial score (nSPS) is 10.6. The van der Waals surface area contributed by atoms with Gasteiger partial charge in [0.05, 0.1) is 17.2 Å². The maximum Gasteiger partial charge on any atom is 0.271 e. The zero-order valence-corrected chi connectivity index (χ0v) is 11.8. The van der Waals surface area contributed by atoms with E-state index in [0.717, 1.165) is 5.52 Å². The molecule has 0 atom stereocenters. The summed E-state index contributed by atoms with van der Waals surface area (Å²) in [6, 6.07) is 13.9. The standard InChI is InChI=1S/C17H14FN3O/c18-13-6-2-1-5-12(13)9-10-19-17(22)16-11-20-14-7-3-4-8-15(14)21-16/h1-8,11H,9-10H2,(H,19,22). The van der Waals surface area contributed by atoms with Crippen molar-refractivity contribution in [3.8, 4) is 0 Å². The van der Waals surface area contributed by atoms with Gasteiger partial charge in [0, 0.05) is 6.54 Å². The summed E-state index contributed by atoms with van der Waals surface area (Å²) in [7, 11) is 0. The number of benzene rings is 2. The minimum atomic E-state index is -0.311. The summed E-state index contributed by atoms with van der Waals surface area (Å²) in [5.41, 5.74) is 2.24. The predicted molar refractivity (Wildman–Crippen MR) is 82.0 cm³/mol. The van der Waals surface area contributed by atoms with Gasteiger partial charge in [-0.15, -0.1) is 0 Å². The van der Waals surface area contributed by atoms with E-state index in [9.17, 15) is 9.18 Å². The van der Waals surface area contributed by atoms with Crippen LogP contribution >= 0.6 is 0 Å². The first-order valence-corrected chi connectivity index (χ1v) is 6.97. The monoisotopic (exact) mass is 295 g/mol. The van der Waals surface area contributed by atoms with Crippen molar-refractivity contribution < 1.29 is 9.18 Å². The quantitative estimate of drug-likeness (QED) is 0.805. The minimum Gasteiger partial charge on any atom is -0.350 e. The summed E-state index contributed by atoms with van der Waals surface area (Å²) in [4.78, 5) is 20.5. The number of fused-ring (bicyclic) bond motifs is 1. The molecule has 1 aromatic heterocycles. The topological polar surface area (TPSA) is 54.9 Å². The largest absolute Gasteiger partial charge is 0.350 e. The van der Waals surface area contributed by atoms with Crippen molar-refractivity contribution in [2.24, 2.45) is 0 Å². The Kier molecular flexibility index (Phi) is 4.05. The van der Waals surface area contributed by atoms with E-state index >= 15 is 0 Å². The van der Waals surface area contributed by atoms with Gasteiger partial charge in [-0.2, -0.15) is 0 Å². The molecule has 0 saturated heterocycles. The van der Waals surface area contributed by atoms with Gasteiger partial charge in [-0.3, -0.25) is 9.78 Å². The highest BCUT2D eigenvalue weighted by Crippen LogP contribution is 2.09.